The molecule has 0 bridgehead atoms. The van der Waals surface area contributed by atoms with Crippen LogP contribution in [0.15, 0.2) is 36.5 Å². The first kappa shape index (κ1) is 20.2. The standard InChI is InChI=1S/C26H29N7/c1-15-4-6-21-19(12-30-32-21)22(15)24-23(16-5-7-20(28-2)17(8-16)11-27)31-25(33(24)3)18-9-26(10-18)13-29-14-26/h4-8,11-12,18,27-29H,9-10,13-14H2,1-3H3,(H,30,32). The van der Waals surface area contributed by atoms with Crippen LogP contribution in [0.25, 0.3) is 33.4 Å². The number of aromatic nitrogens is 4. The van der Waals surface area contributed by atoms with E-state index in [1.165, 1.54) is 30.2 Å². The average Bonchev–Trinajstić information content (AvgIpc) is 3.37. The zero-order valence-corrected chi connectivity index (χ0v) is 19.3. The van der Waals surface area contributed by atoms with Crippen molar-refractivity contribution in [2.24, 2.45) is 12.5 Å². The second-order valence-corrected chi connectivity index (χ2v) is 9.72. The van der Waals surface area contributed by atoms with Crippen molar-refractivity contribution in [2.75, 3.05) is 25.5 Å². The normalized spacial score (nSPS) is 17.2. The molecule has 1 spiro atoms. The third-order valence-corrected chi connectivity index (χ3v) is 7.67. The Kier molecular flexibility index (Phi) is 4.45. The molecule has 2 aromatic heterocycles. The molecule has 4 N–H and O–H groups in total. The minimum absolute atomic E-state index is 0.479. The highest BCUT2D eigenvalue weighted by atomic mass is 15.1. The van der Waals surface area contributed by atoms with Gasteiger partial charge in [-0.15, -0.1) is 0 Å². The van der Waals surface area contributed by atoms with E-state index in [4.69, 9.17) is 10.4 Å². The second-order valence-electron chi connectivity index (χ2n) is 9.72. The predicted molar refractivity (Wildman–Crippen MR) is 133 cm³/mol. The summed E-state index contributed by atoms with van der Waals surface area (Å²) in [5, 5.41) is 23.1. The van der Waals surface area contributed by atoms with Gasteiger partial charge in [0.15, 0.2) is 0 Å². The van der Waals surface area contributed by atoms with Crippen molar-refractivity contribution in [3.63, 3.8) is 0 Å². The number of nitrogens with one attached hydrogen (secondary N) is 4. The van der Waals surface area contributed by atoms with E-state index in [2.05, 4.69) is 63.6 Å². The number of aryl methyl sites for hydroxylation is 1. The Morgan fingerprint density at radius 1 is 1.21 bits per heavy atom. The molecule has 168 valence electrons. The fourth-order valence-corrected chi connectivity index (χ4v) is 5.80. The van der Waals surface area contributed by atoms with Gasteiger partial charge in [0.2, 0.25) is 0 Å². The largest absolute Gasteiger partial charge is 0.388 e. The molecule has 2 aliphatic rings. The summed E-state index contributed by atoms with van der Waals surface area (Å²) in [4.78, 5) is 5.28. The Hall–Kier alpha value is -3.45. The van der Waals surface area contributed by atoms with Gasteiger partial charge in [0.25, 0.3) is 0 Å². The molecule has 33 heavy (non-hydrogen) atoms. The number of benzene rings is 2. The van der Waals surface area contributed by atoms with Gasteiger partial charge in [-0.3, -0.25) is 5.10 Å². The lowest BCUT2D eigenvalue weighted by Crippen LogP contribution is -2.59. The molecular formula is C26H29N7. The van der Waals surface area contributed by atoms with Crippen LogP contribution in [0.1, 0.15) is 35.7 Å². The van der Waals surface area contributed by atoms with Gasteiger partial charge in [-0.25, -0.2) is 4.98 Å². The van der Waals surface area contributed by atoms with Crippen LogP contribution in [-0.4, -0.2) is 46.1 Å². The highest BCUT2D eigenvalue weighted by molar-refractivity contribution is 5.99. The average molecular weight is 440 g/mol. The first-order valence-electron chi connectivity index (χ1n) is 11.6. The van der Waals surface area contributed by atoms with E-state index < -0.39 is 0 Å². The van der Waals surface area contributed by atoms with Crippen molar-refractivity contribution < 1.29 is 0 Å². The molecule has 1 aliphatic carbocycles. The van der Waals surface area contributed by atoms with Crippen molar-refractivity contribution in [3.05, 3.63) is 53.5 Å². The summed E-state index contributed by atoms with van der Waals surface area (Å²) in [7, 11) is 4.04. The SMILES string of the molecule is CNc1ccc(-c2nc(C3CC4(CNC4)C3)n(C)c2-c2c(C)ccc3[nH]ncc23)cc1C=N. The monoisotopic (exact) mass is 439 g/mol. The molecule has 0 unspecified atom stereocenters. The van der Waals surface area contributed by atoms with Crippen LogP contribution >= 0.6 is 0 Å². The summed E-state index contributed by atoms with van der Waals surface area (Å²) in [5.74, 6) is 1.64. The third kappa shape index (κ3) is 2.95. The summed E-state index contributed by atoms with van der Waals surface area (Å²) in [6, 6.07) is 10.5. The fourth-order valence-electron chi connectivity index (χ4n) is 5.80. The van der Waals surface area contributed by atoms with E-state index in [-0.39, 0.29) is 0 Å². The maximum atomic E-state index is 7.90. The molecule has 6 rings (SSSR count). The van der Waals surface area contributed by atoms with Gasteiger partial charge >= 0.3 is 0 Å². The summed E-state index contributed by atoms with van der Waals surface area (Å²) in [6.07, 6.45) is 5.71. The Labute approximate surface area is 193 Å². The van der Waals surface area contributed by atoms with Crippen LogP contribution in [0.5, 0.6) is 0 Å². The smallest absolute Gasteiger partial charge is 0.112 e. The van der Waals surface area contributed by atoms with E-state index in [9.17, 15) is 0 Å². The minimum atomic E-state index is 0.479. The van der Waals surface area contributed by atoms with Gasteiger partial charge in [0.05, 0.1) is 23.1 Å². The molecule has 1 saturated carbocycles. The lowest BCUT2D eigenvalue weighted by Gasteiger charge is -2.54. The number of H-pyrrole nitrogens is 1. The number of nitrogens with zero attached hydrogens (tertiary/aromatic N) is 3. The predicted octanol–water partition coefficient (Wildman–Crippen LogP) is 4.45. The number of fused-ring (bicyclic) bond motifs is 1. The summed E-state index contributed by atoms with van der Waals surface area (Å²) in [5.41, 5.74) is 8.81. The summed E-state index contributed by atoms with van der Waals surface area (Å²) in [6.45, 7) is 4.42. The molecule has 0 radical (unpaired) electrons. The van der Waals surface area contributed by atoms with Crippen LogP contribution < -0.4 is 10.6 Å². The van der Waals surface area contributed by atoms with Crippen molar-refractivity contribution in [1.29, 1.82) is 5.41 Å². The van der Waals surface area contributed by atoms with E-state index in [1.54, 1.807) is 0 Å². The highest BCUT2D eigenvalue weighted by Gasteiger charge is 2.50. The maximum absolute atomic E-state index is 7.90. The van der Waals surface area contributed by atoms with Gasteiger partial charge < -0.3 is 20.6 Å². The summed E-state index contributed by atoms with van der Waals surface area (Å²) < 4.78 is 2.31. The molecule has 2 fully saturated rings. The van der Waals surface area contributed by atoms with Crippen LogP contribution in [0.2, 0.25) is 0 Å². The lowest BCUT2D eigenvalue weighted by molar-refractivity contribution is 0.0321. The topological polar surface area (TPSA) is 94.4 Å². The zero-order chi connectivity index (χ0) is 22.7. The lowest BCUT2D eigenvalue weighted by atomic mass is 9.58. The molecule has 3 heterocycles. The number of hydrogen-bond donors (Lipinski definition) is 4. The van der Waals surface area contributed by atoms with Gasteiger partial charge in [-0.1, -0.05) is 12.1 Å². The molecule has 7 nitrogen and oxygen atoms in total. The Balaban J connectivity index is 1.57. The van der Waals surface area contributed by atoms with Crippen molar-refractivity contribution in [2.45, 2.75) is 25.7 Å². The van der Waals surface area contributed by atoms with Crippen molar-refractivity contribution in [1.82, 2.24) is 25.1 Å². The molecule has 1 saturated heterocycles. The number of rotatable bonds is 5. The number of anilines is 1. The van der Waals surface area contributed by atoms with Crippen LogP contribution in [-0.2, 0) is 7.05 Å². The second kappa shape index (κ2) is 7.28. The highest BCUT2D eigenvalue weighted by Crippen LogP contribution is 2.54. The van der Waals surface area contributed by atoms with Crippen LogP contribution in [0.3, 0.4) is 0 Å². The van der Waals surface area contributed by atoms with Gasteiger partial charge in [0, 0.05) is 67.1 Å². The molecule has 7 heteroatoms. The van der Waals surface area contributed by atoms with Crippen molar-refractivity contribution in [3.8, 4) is 22.5 Å². The van der Waals surface area contributed by atoms with Crippen LogP contribution in [0, 0.1) is 17.7 Å². The number of hydrogen-bond acceptors (Lipinski definition) is 5. The quantitative estimate of drug-likeness (QED) is 0.346. The maximum Gasteiger partial charge on any atom is 0.112 e. The van der Waals surface area contributed by atoms with Gasteiger partial charge in [-0.05, 0) is 48.9 Å². The fraction of sp³-hybridized carbons (Fsp3) is 0.346. The Bertz CT molecular complexity index is 1380. The number of aromatic amines is 1. The van der Waals surface area contributed by atoms with Crippen LogP contribution in [0.4, 0.5) is 5.69 Å². The molecule has 0 atom stereocenters. The zero-order valence-electron chi connectivity index (χ0n) is 19.3. The molecule has 0 amide bonds. The van der Waals surface area contributed by atoms with E-state index in [0.717, 1.165) is 58.0 Å². The third-order valence-electron chi connectivity index (χ3n) is 7.67. The summed E-state index contributed by atoms with van der Waals surface area (Å²) >= 11 is 0. The molecular weight excluding hydrogens is 410 g/mol. The molecule has 4 aromatic rings. The van der Waals surface area contributed by atoms with Crippen molar-refractivity contribution >= 4 is 22.8 Å². The first-order valence-corrected chi connectivity index (χ1v) is 11.6. The van der Waals surface area contributed by atoms with E-state index in [0.29, 0.717) is 11.3 Å². The molecule has 1 aliphatic heterocycles. The Morgan fingerprint density at radius 3 is 2.73 bits per heavy atom. The minimum Gasteiger partial charge on any atom is -0.388 e. The van der Waals surface area contributed by atoms with Gasteiger partial charge in [-0.2, -0.15) is 5.10 Å². The Morgan fingerprint density at radius 2 is 2.03 bits per heavy atom. The van der Waals surface area contributed by atoms with E-state index in [1.807, 2.05) is 19.3 Å². The first-order chi connectivity index (χ1) is 16.0. The van der Waals surface area contributed by atoms with Gasteiger partial charge in [0.1, 0.15) is 5.82 Å². The molecule has 2 aromatic carbocycles. The number of imidazole rings is 1. The van der Waals surface area contributed by atoms with E-state index >= 15 is 0 Å².